The van der Waals surface area contributed by atoms with Crippen molar-refractivity contribution in [2.75, 3.05) is 11.9 Å². The van der Waals surface area contributed by atoms with Gasteiger partial charge in [-0.25, -0.2) is 9.97 Å². The van der Waals surface area contributed by atoms with Crippen molar-refractivity contribution in [3.8, 4) is 0 Å². The first kappa shape index (κ1) is 16.7. The summed E-state index contributed by atoms with van der Waals surface area (Å²) >= 11 is 1.44. The van der Waals surface area contributed by atoms with Gasteiger partial charge >= 0.3 is 0 Å². The number of fused-ring (bicyclic) bond motifs is 2. The lowest BCUT2D eigenvalue weighted by Crippen LogP contribution is -2.25. The van der Waals surface area contributed by atoms with E-state index in [1.54, 1.807) is 4.90 Å². The summed E-state index contributed by atoms with van der Waals surface area (Å²) in [4.78, 5) is 25.4. The summed E-state index contributed by atoms with van der Waals surface area (Å²) in [7, 11) is 1.82. The summed E-state index contributed by atoms with van der Waals surface area (Å²) in [6.45, 7) is 5.83. The van der Waals surface area contributed by atoms with Crippen LogP contribution in [-0.2, 0) is 0 Å². The molecule has 0 saturated carbocycles. The molecule has 130 valence electrons. The molecule has 26 heavy (non-hydrogen) atoms. The van der Waals surface area contributed by atoms with Gasteiger partial charge in [-0.2, -0.15) is 0 Å². The number of carbonyl (C=O) groups is 1. The predicted molar refractivity (Wildman–Crippen MR) is 108 cm³/mol. The van der Waals surface area contributed by atoms with Crippen molar-refractivity contribution in [3.05, 3.63) is 64.4 Å². The molecule has 0 spiro atoms. The van der Waals surface area contributed by atoms with Crippen LogP contribution in [0.25, 0.3) is 21.0 Å². The first-order chi connectivity index (χ1) is 12.5. The highest BCUT2D eigenvalue weighted by atomic mass is 32.1. The van der Waals surface area contributed by atoms with E-state index in [1.807, 2.05) is 58.2 Å². The van der Waals surface area contributed by atoms with Crippen molar-refractivity contribution in [2.24, 2.45) is 0 Å². The normalized spacial score (nSPS) is 11.2. The molecule has 0 N–H and O–H groups in total. The molecule has 0 aliphatic heterocycles. The second-order valence-corrected chi connectivity index (χ2v) is 7.49. The van der Waals surface area contributed by atoms with E-state index in [0.29, 0.717) is 0 Å². The van der Waals surface area contributed by atoms with Crippen molar-refractivity contribution in [3.63, 3.8) is 0 Å². The lowest BCUT2D eigenvalue weighted by molar-refractivity contribution is 0.0996. The SMILES string of the molecule is Cc1nc(C)c2c(C)c(C(=O)N(C)c3ccc4ccccc4c3)sc2n1. The van der Waals surface area contributed by atoms with E-state index in [-0.39, 0.29) is 5.91 Å². The molecule has 0 saturated heterocycles. The van der Waals surface area contributed by atoms with Crippen LogP contribution in [-0.4, -0.2) is 22.9 Å². The van der Waals surface area contributed by atoms with Crippen LogP contribution in [0.5, 0.6) is 0 Å². The maximum Gasteiger partial charge on any atom is 0.268 e. The molecule has 2 aromatic carbocycles. The van der Waals surface area contributed by atoms with Crippen LogP contribution in [0.3, 0.4) is 0 Å². The highest BCUT2D eigenvalue weighted by molar-refractivity contribution is 7.20. The Hall–Kier alpha value is -2.79. The van der Waals surface area contributed by atoms with Crippen LogP contribution < -0.4 is 4.90 Å². The van der Waals surface area contributed by atoms with E-state index in [2.05, 4.69) is 22.1 Å². The van der Waals surface area contributed by atoms with Crippen LogP contribution in [0.4, 0.5) is 5.69 Å². The summed E-state index contributed by atoms with van der Waals surface area (Å²) in [5.41, 5.74) is 2.76. The standard InChI is InChI=1S/C21H19N3OS/c1-12-18-13(2)22-14(3)23-20(18)26-19(12)21(25)24(4)17-10-9-15-7-5-6-8-16(15)11-17/h5-11H,1-4H3. The number of benzene rings is 2. The maximum absolute atomic E-state index is 13.2. The van der Waals surface area contributed by atoms with Crippen molar-refractivity contribution in [1.82, 2.24) is 9.97 Å². The Kier molecular flexibility index (Phi) is 3.96. The van der Waals surface area contributed by atoms with Gasteiger partial charge in [0.1, 0.15) is 10.7 Å². The smallest absolute Gasteiger partial charge is 0.268 e. The number of aromatic nitrogens is 2. The second kappa shape index (κ2) is 6.18. The van der Waals surface area contributed by atoms with Gasteiger partial charge in [-0.3, -0.25) is 4.79 Å². The molecule has 2 heterocycles. The van der Waals surface area contributed by atoms with E-state index in [4.69, 9.17) is 0 Å². The molecule has 0 aliphatic carbocycles. The van der Waals surface area contributed by atoms with Gasteiger partial charge in [0, 0.05) is 23.8 Å². The predicted octanol–water partition coefficient (Wildman–Crippen LogP) is 5.05. The van der Waals surface area contributed by atoms with Crippen LogP contribution >= 0.6 is 11.3 Å². The zero-order valence-corrected chi connectivity index (χ0v) is 16.0. The second-order valence-electron chi connectivity index (χ2n) is 6.49. The molecule has 0 unspecified atom stereocenters. The van der Waals surface area contributed by atoms with Gasteiger partial charge < -0.3 is 4.90 Å². The lowest BCUT2D eigenvalue weighted by Gasteiger charge is -2.17. The van der Waals surface area contributed by atoms with Crippen LogP contribution in [0.2, 0.25) is 0 Å². The Morgan fingerprint density at radius 1 is 1.00 bits per heavy atom. The van der Waals surface area contributed by atoms with Crippen molar-refractivity contribution in [1.29, 1.82) is 0 Å². The molecule has 0 aliphatic rings. The summed E-state index contributed by atoms with van der Waals surface area (Å²) in [6, 6.07) is 14.2. The quantitative estimate of drug-likeness (QED) is 0.502. The van der Waals surface area contributed by atoms with E-state index in [9.17, 15) is 4.79 Å². The largest absolute Gasteiger partial charge is 0.311 e. The molecule has 2 aromatic heterocycles. The van der Waals surface area contributed by atoms with Crippen LogP contribution in [0, 0.1) is 20.8 Å². The fourth-order valence-electron chi connectivity index (χ4n) is 3.33. The fraction of sp³-hybridized carbons (Fsp3) is 0.190. The Morgan fingerprint density at radius 3 is 2.50 bits per heavy atom. The Balaban J connectivity index is 1.77. The number of carbonyl (C=O) groups excluding carboxylic acids is 1. The van der Waals surface area contributed by atoms with E-state index < -0.39 is 0 Å². The number of rotatable bonds is 2. The number of anilines is 1. The molecule has 5 heteroatoms. The molecular formula is C21H19N3OS. The summed E-state index contributed by atoms with van der Waals surface area (Å²) in [5, 5.41) is 3.28. The number of amides is 1. The third kappa shape index (κ3) is 2.65. The Labute approximate surface area is 156 Å². The monoisotopic (exact) mass is 361 g/mol. The first-order valence-electron chi connectivity index (χ1n) is 8.47. The molecule has 0 radical (unpaired) electrons. The minimum absolute atomic E-state index is 0.0159. The Morgan fingerprint density at radius 2 is 1.73 bits per heavy atom. The minimum atomic E-state index is -0.0159. The molecule has 0 fully saturated rings. The highest BCUT2D eigenvalue weighted by Crippen LogP contribution is 2.33. The van der Waals surface area contributed by atoms with Crippen molar-refractivity contribution < 1.29 is 4.79 Å². The average Bonchev–Trinajstić information content (AvgIpc) is 2.96. The van der Waals surface area contributed by atoms with Gasteiger partial charge in [0.15, 0.2) is 0 Å². The third-order valence-corrected chi connectivity index (χ3v) is 5.88. The molecule has 4 aromatic rings. The fourth-order valence-corrected chi connectivity index (χ4v) is 4.59. The minimum Gasteiger partial charge on any atom is -0.311 e. The van der Waals surface area contributed by atoms with Gasteiger partial charge in [0.05, 0.1) is 4.88 Å². The van der Waals surface area contributed by atoms with Gasteiger partial charge in [-0.15, -0.1) is 11.3 Å². The molecule has 0 atom stereocenters. The number of hydrogen-bond donors (Lipinski definition) is 0. The van der Waals surface area contributed by atoms with Crippen molar-refractivity contribution in [2.45, 2.75) is 20.8 Å². The summed E-state index contributed by atoms with van der Waals surface area (Å²) in [5.74, 6) is 0.718. The first-order valence-corrected chi connectivity index (χ1v) is 9.28. The van der Waals surface area contributed by atoms with Gasteiger partial charge in [-0.05, 0) is 49.2 Å². The number of hydrogen-bond acceptors (Lipinski definition) is 4. The van der Waals surface area contributed by atoms with Crippen molar-refractivity contribution >= 4 is 43.9 Å². The molecule has 4 nitrogen and oxygen atoms in total. The highest BCUT2D eigenvalue weighted by Gasteiger charge is 2.22. The maximum atomic E-state index is 13.2. The van der Waals surface area contributed by atoms with E-state index >= 15 is 0 Å². The molecule has 1 amide bonds. The van der Waals surface area contributed by atoms with Gasteiger partial charge in [-0.1, -0.05) is 30.3 Å². The summed E-state index contributed by atoms with van der Waals surface area (Å²) in [6.07, 6.45) is 0. The lowest BCUT2D eigenvalue weighted by atomic mass is 10.1. The molecular weight excluding hydrogens is 342 g/mol. The van der Waals surface area contributed by atoms with Gasteiger partial charge in [0.2, 0.25) is 0 Å². The Bertz CT molecular complexity index is 1160. The van der Waals surface area contributed by atoms with E-state index in [1.165, 1.54) is 11.3 Å². The zero-order chi connectivity index (χ0) is 18.4. The van der Waals surface area contributed by atoms with Gasteiger partial charge in [0.25, 0.3) is 5.91 Å². The topological polar surface area (TPSA) is 46.1 Å². The average molecular weight is 361 g/mol. The zero-order valence-electron chi connectivity index (χ0n) is 15.2. The molecule has 0 bridgehead atoms. The number of nitrogens with zero attached hydrogens (tertiary/aromatic N) is 3. The van der Waals surface area contributed by atoms with Crippen LogP contribution in [0.15, 0.2) is 42.5 Å². The number of thiophene rings is 1. The summed E-state index contributed by atoms with van der Waals surface area (Å²) < 4.78 is 0. The molecule has 4 rings (SSSR count). The van der Waals surface area contributed by atoms with Crippen LogP contribution in [0.1, 0.15) is 26.8 Å². The van der Waals surface area contributed by atoms with E-state index in [0.717, 1.165) is 48.6 Å². The number of aryl methyl sites for hydroxylation is 3. The third-order valence-electron chi connectivity index (χ3n) is 4.70.